The minimum atomic E-state index is 0.826. The van der Waals surface area contributed by atoms with Gasteiger partial charge in [-0.1, -0.05) is 34.2 Å². The lowest BCUT2D eigenvalue weighted by Crippen LogP contribution is -1.78. The van der Waals surface area contributed by atoms with Crippen LogP contribution in [0.3, 0.4) is 0 Å². The van der Waals surface area contributed by atoms with Crippen molar-refractivity contribution in [3.63, 3.8) is 0 Å². The standard InChI is InChI=1S/C7H6ClIS/c8-7-2-1-6(10)3-5(7)4-9/h1-3,10H,4H2. The van der Waals surface area contributed by atoms with E-state index in [0.717, 1.165) is 19.9 Å². The lowest BCUT2D eigenvalue weighted by Gasteiger charge is -1.99. The van der Waals surface area contributed by atoms with Crippen LogP contribution in [0.1, 0.15) is 5.56 Å². The van der Waals surface area contributed by atoms with E-state index in [9.17, 15) is 0 Å². The van der Waals surface area contributed by atoms with Gasteiger partial charge < -0.3 is 0 Å². The van der Waals surface area contributed by atoms with Crippen LogP contribution in [0.4, 0.5) is 0 Å². The Kier molecular flexibility index (Phi) is 3.33. The molecule has 0 N–H and O–H groups in total. The van der Waals surface area contributed by atoms with E-state index in [-0.39, 0.29) is 0 Å². The van der Waals surface area contributed by atoms with Gasteiger partial charge in [0, 0.05) is 14.3 Å². The maximum absolute atomic E-state index is 5.86. The second-order valence-electron chi connectivity index (χ2n) is 1.91. The Morgan fingerprint density at radius 3 is 2.70 bits per heavy atom. The van der Waals surface area contributed by atoms with Crippen molar-refractivity contribution in [1.29, 1.82) is 0 Å². The molecule has 0 nitrogen and oxygen atoms in total. The predicted octanol–water partition coefficient (Wildman–Crippen LogP) is 3.56. The molecule has 0 saturated carbocycles. The summed E-state index contributed by atoms with van der Waals surface area (Å²) in [4.78, 5) is 0.969. The molecule has 0 heterocycles. The Labute approximate surface area is 84.5 Å². The maximum Gasteiger partial charge on any atom is 0.0446 e. The van der Waals surface area contributed by atoms with Gasteiger partial charge in [-0.05, 0) is 23.8 Å². The normalized spacial score (nSPS) is 9.90. The zero-order chi connectivity index (χ0) is 7.56. The Morgan fingerprint density at radius 2 is 2.20 bits per heavy atom. The van der Waals surface area contributed by atoms with Gasteiger partial charge in [0.1, 0.15) is 0 Å². The molecule has 0 unspecified atom stereocenters. The fourth-order valence-corrected chi connectivity index (χ4v) is 1.93. The first kappa shape index (κ1) is 8.68. The van der Waals surface area contributed by atoms with E-state index in [1.165, 1.54) is 0 Å². The molecule has 0 aromatic heterocycles. The fourth-order valence-electron chi connectivity index (χ4n) is 0.664. The van der Waals surface area contributed by atoms with Crippen LogP contribution in [0.15, 0.2) is 23.1 Å². The van der Waals surface area contributed by atoms with Gasteiger partial charge in [0.15, 0.2) is 0 Å². The van der Waals surface area contributed by atoms with Crippen LogP contribution < -0.4 is 0 Å². The van der Waals surface area contributed by atoms with E-state index >= 15 is 0 Å². The Bertz CT molecular complexity index is 237. The molecule has 0 bridgehead atoms. The molecule has 0 atom stereocenters. The van der Waals surface area contributed by atoms with Crippen LogP contribution in [-0.2, 0) is 4.43 Å². The largest absolute Gasteiger partial charge is 0.143 e. The van der Waals surface area contributed by atoms with E-state index in [0.29, 0.717) is 0 Å². The molecule has 1 aromatic rings. The maximum atomic E-state index is 5.86. The zero-order valence-corrected chi connectivity index (χ0v) is 8.95. The van der Waals surface area contributed by atoms with Crippen molar-refractivity contribution < 1.29 is 0 Å². The minimum Gasteiger partial charge on any atom is -0.143 e. The number of thiol groups is 1. The summed E-state index contributed by atoms with van der Waals surface area (Å²) >= 11 is 12.3. The molecule has 1 rings (SSSR count). The highest BCUT2D eigenvalue weighted by Gasteiger charge is 1.96. The molecule has 0 amide bonds. The monoisotopic (exact) mass is 284 g/mol. The second-order valence-corrected chi connectivity index (χ2v) is 3.60. The van der Waals surface area contributed by atoms with Crippen molar-refractivity contribution in [2.45, 2.75) is 9.32 Å². The lowest BCUT2D eigenvalue weighted by molar-refractivity contribution is 1.36. The Hall–Kier alpha value is 0.590. The first-order chi connectivity index (χ1) is 4.74. The number of hydrogen-bond donors (Lipinski definition) is 1. The van der Waals surface area contributed by atoms with Crippen molar-refractivity contribution in [2.75, 3.05) is 0 Å². The number of halogens is 2. The van der Waals surface area contributed by atoms with Gasteiger partial charge in [0.05, 0.1) is 0 Å². The van der Waals surface area contributed by atoms with Gasteiger partial charge in [-0.15, -0.1) is 12.6 Å². The van der Waals surface area contributed by atoms with Crippen molar-refractivity contribution >= 4 is 46.8 Å². The summed E-state index contributed by atoms with van der Waals surface area (Å²) in [6.07, 6.45) is 0. The summed E-state index contributed by atoms with van der Waals surface area (Å²) < 4.78 is 0.936. The van der Waals surface area contributed by atoms with Crippen LogP contribution in [-0.4, -0.2) is 0 Å². The van der Waals surface area contributed by atoms with Crippen LogP contribution in [0.5, 0.6) is 0 Å². The molecule has 1 aromatic carbocycles. The van der Waals surface area contributed by atoms with Crippen LogP contribution in [0, 0.1) is 0 Å². The third-order valence-electron chi connectivity index (χ3n) is 1.17. The van der Waals surface area contributed by atoms with Crippen molar-refractivity contribution in [3.8, 4) is 0 Å². The summed E-state index contributed by atoms with van der Waals surface area (Å²) in [5, 5.41) is 0.826. The molecule has 0 aliphatic heterocycles. The van der Waals surface area contributed by atoms with E-state index in [4.69, 9.17) is 11.6 Å². The predicted molar refractivity (Wildman–Crippen MR) is 56.4 cm³/mol. The van der Waals surface area contributed by atoms with Crippen LogP contribution in [0.25, 0.3) is 0 Å². The molecule has 0 radical (unpaired) electrons. The number of alkyl halides is 1. The molecule has 0 aliphatic carbocycles. The number of benzene rings is 1. The number of hydrogen-bond acceptors (Lipinski definition) is 1. The van der Waals surface area contributed by atoms with Crippen molar-refractivity contribution in [2.24, 2.45) is 0 Å². The van der Waals surface area contributed by atoms with Crippen LogP contribution in [0.2, 0.25) is 5.02 Å². The topological polar surface area (TPSA) is 0 Å². The van der Waals surface area contributed by atoms with Crippen LogP contribution >= 0.6 is 46.8 Å². The molecule has 0 fully saturated rings. The highest BCUT2D eigenvalue weighted by atomic mass is 127. The molecule has 0 aliphatic rings. The van der Waals surface area contributed by atoms with Gasteiger partial charge in [0.25, 0.3) is 0 Å². The summed E-state index contributed by atoms with van der Waals surface area (Å²) in [5.41, 5.74) is 1.15. The molecular formula is C7H6ClIS. The fraction of sp³-hybridized carbons (Fsp3) is 0.143. The first-order valence-corrected chi connectivity index (χ1v) is 5.12. The second kappa shape index (κ2) is 3.83. The molecule has 54 valence electrons. The Morgan fingerprint density at radius 1 is 1.50 bits per heavy atom. The molecule has 10 heavy (non-hydrogen) atoms. The molecule has 0 spiro atoms. The van der Waals surface area contributed by atoms with Gasteiger partial charge in [-0.25, -0.2) is 0 Å². The lowest BCUT2D eigenvalue weighted by atomic mass is 10.2. The Balaban J connectivity index is 3.09. The average Bonchev–Trinajstić information content (AvgIpc) is 1.94. The third-order valence-corrected chi connectivity index (χ3v) is 2.64. The quantitative estimate of drug-likeness (QED) is 0.455. The summed E-state index contributed by atoms with van der Waals surface area (Å²) in [6.45, 7) is 0. The molecule has 3 heteroatoms. The van der Waals surface area contributed by atoms with Gasteiger partial charge in [-0.3, -0.25) is 0 Å². The summed E-state index contributed by atoms with van der Waals surface area (Å²) in [7, 11) is 0. The van der Waals surface area contributed by atoms with Crippen molar-refractivity contribution in [1.82, 2.24) is 0 Å². The van der Waals surface area contributed by atoms with E-state index in [1.807, 2.05) is 18.2 Å². The van der Waals surface area contributed by atoms with E-state index in [1.54, 1.807) is 0 Å². The smallest absolute Gasteiger partial charge is 0.0446 e. The summed E-state index contributed by atoms with van der Waals surface area (Å²) in [6, 6.07) is 5.75. The van der Waals surface area contributed by atoms with Crippen molar-refractivity contribution in [3.05, 3.63) is 28.8 Å². The number of rotatable bonds is 1. The van der Waals surface area contributed by atoms with E-state index in [2.05, 4.69) is 35.2 Å². The van der Waals surface area contributed by atoms with Gasteiger partial charge >= 0.3 is 0 Å². The van der Waals surface area contributed by atoms with E-state index < -0.39 is 0 Å². The van der Waals surface area contributed by atoms with Gasteiger partial charge in [0.2, 0.25) is 0 Å². The molecular weight excluding hydrogens is 279 g/mol. The highest BCUT2D eigenvalue weighted by Crippen LogP contribution is 2.21. The minimum absolute atomic E-state index is 0.826. The highest BCUT2D eigenvalue weighted by molar-refractivity contribution is 14.1. The zero-order valence-electron chi connectivity index (χ0n) is 5.14. The summed E-state index contributed by atoms with van der Waals surface area (Å²) in [5.74, 6) is 0. The SMILES string of the molecule is Sc1ccc(Cl)c(CI)c1. The van der Waals surface area contributed by atoms with Gasteiger partial charge in [-0.2, -0.15) is 0 Å². The molecule has 0 saturated heterocycles. The average molecular weight is 285 g/mol. The third kappa shape index (κ3) is 2.04. The first-order valence-electron chi connectivity index (χ1n) is 2.77.